The van der Waals surface area contributed by atoms with Gasteiger partial charge in [-0.1, -0.05) is 29.8 Å². The van der Waals surface area contributed by atoms with Gasteiger partial charge in [0.05, 0.1) is 13.2 Å². The fourth-order valence-corrected chi connectivity index (χ4v) is 4.67. The first-order valence-electron chi connectivity index (χ1n) is 7.86. The molecule has 0 bridgehead atoms. The second-order valence-corrected chi connectivity index (χ2v) is 8.69. The van der Waals surface area contributed by atoms with Gasteiger partial charge in [-0.3, -0.25) is 0 Å². The maximum atomic E-state index is 13.0. The molecule has 0 amide bonds. The van der Waals surface area contributed by atoms with Crippen molar-refractivity contribution in [3.63, 3.8) is 0 Å². The topological polar surface area (TPSA) is 64.6 Å². The van der Waals surface area contributed by atoms with E-state index in [0.29, 0.717) is 17.2 Å². The van der Waals surface area contributed by atoms with Crippen molar-refractivity contribution in [2.45, 2.75) is 36.8 Å². The van der Waals surface area contributed by atoms with Gasteiger partial charge in [0.15, 0.2) is 0 Å². The molecule has 7 heteroatoms. The van der Waals surface area contributed by atoms with Crippen LogP contribution in [0, 0.1) is 0 Å². The van der Waals surface area contributed by atoms with E-state index >= 15 is 0 Å². The lowest BCUT2D eigenvalue weighted by molar-refractivity contribution is 0.0702. The highest BCUT2D eigenvalue weighted by atomic mass is 35.5. The number of para-hydroxylation sites is 1. The molecule has 2 aromatic rings. The van der Waals surface area contributed by atoms with E-state index in [1.165, 1.54) is 13.2 Å². The second kappa shape index (κ2) is 6.52. The van der Waals surface area contributed by atoms with Crippen LogP contribution in [0.4, 0.5) is 0 Å². The van der Waals surface area contributed by atoms with E-state index < -0.39 is 21.7 Å². The summed E-state index contributed by atoms with van der Waals surface area (Å²) in [7, 11) is -2.41. The van der Waals surface area contributed by atoms with Gasteiger partial charge in [-0.2, -0.15) is 0 Å². The molecule has 1 heterocycles. The Bertz CT molecular complexity index is 896. The van der Waals surface area contributed by atoms with Crippen LogP contribution in [0.15, 0.2) is 47.4 Å². The fourth-order valence-electron chi connectivity index (χ4n) is 3.02. The SMILES string of the molecule is COc1ccc(Cl)cc1S(=O)(=O)N[C@@H]1CC(C)(C)Oc2ccccc21. The first-order valence-corrected chi connectivity index (χ1v) is 9.72. The zero-order valence-electron chi connectivity index (χ0n) is 14.2. The number of sulfonamides is 1. The third-order valence-corrected chi connectivity index (χ3v) is 5.82. The number of benzene rings is 2. The lowest BCUT2D eigenvalue weighted by Gasteiger charge is -2.37. The predicted octanol–water partition coefficient (Wildman–Crippen LogP) is 3.93. The maximum absolute atomic E-state index is 13.0. The van der Waals surface area contributed by atoms with Crippen molar-refractivity contribution in [3.05, 3.63) is 53.1 Å². The normalized spacial score (nSPS) is 19.0. The van der Waals surface area contributed by atoms with Crippen molar-refractivity contribution < 1.29 is 17.9 Å². The average molecular weight is 382 g/mol. The standard InChI is InChI=1S/C18H20ClNO4S/c1-18(2)11-14(13-6-4-5-7-15(13)24-18)20-25(21,22)17-10-12(19)8-9-16(17)23-3/h4-10,14,20H,11H2,1-3H3/t14-/m1/s1. The minimum Gasteiger partial charge on any atom is -0.495 e. The van der Waals surface area contributed by atoms with E-state index in [-0.39, 0.29) is 10.6 Å². The number of nitrogens with one attached hydrogen (secondary N) is 1. The van der Waals surface area contributed by atoms with E-state index in [2.05, 4.69) is 4.72 Å². The summed E-state index contributed by atoms with van der Waals surface area (Å²) in [6.07, 6.45) is 0.506. The molecule has 0 radical (unpaired) electrons. The van der Waals surface area contributed by atoms with Gasteiger partial charge in [-0.05, 0) is 38.1 Å². The van der Waals surface area contributed by atoms with Gasteiger partial charge in [0.2, 0.25) is 10.0 Å². The molecule has 134 valence electrons. The van der Waals surface area contributed by atoms with Crippen molar-refractivity contribution in [1.82, 2.24) is 4.72 Å². The van der Waals surface area contributed by atoms with Crippen LogP contribution in [0.2, 0.25) is 5.02 Å². The van der Waals surface area contributed by atoms with Crippen LogP contribution in [0.25, 0.3) is 0 Å². The Morgan fingerprint density at radius 1 is 1.24 bits per heavy atom. The zero-order chi connectivity index (χ0) is 18.2. The first-order chi connectivity index (χ1) is 11.7. The molecule has 5 nitrogen and oxygen atoms in total. The molecule has 0 fully saturated rings. The number of methoxy groups -OCH3 is 1. The summed E-state index contributed by atoms with van der Waals surface area (Å²) in [5.41, 5.74) is 0.325. The number of fused-ring (bicyclic) bond motifs is 1. The summed E-state index contributed by atoms with van der Waals surface area (Å²) in [4.78, 5) is 0.0179. The van der Waals surface area contributed by atoms with Crippen LogP contribution in [0.5, 0.6) is 11.5 Å². The van der Waals surface area contributed by atoms with Crippen LogP contribution in [-0.4, -0.2) is 21.1 Å². The van der Waals surface area contributed by atoms with Crippen LogP contribution >= 0.6 is 11.6 Å². The Kier molecular flexibility index (Phi) is 4.70. The molecule has 2 aromatic carbocycles. The Morgan fingerprint density at radius 2 is 1.96 bits per heavy atom. The van der Waals surface area contributed by atoms with Crippen LogP contribution in [0.1, 0.15) is 31.9 Å². The molecule has 1 atom stereocenters. The second-order valence-electron chi connectivity index (χ2n) is 6.57. The lowest BCUT2D eigenvalue weighted by Crippen LogP contribution is -2.41. The Hall–Kier alpha value is -1.76. The van der Waals surface area contributed by atoms with Crippen molar-refractivity contribution in [2.75, 3.05) is 7.11 Å². The highest BCUT2D eigenvalue weighted by molar-refractivity contribution is 7.89. The first kappa shape index (κ1) is 18.0. The Labute approximate surface area is 153 Å². The van der Waals surface area contributed by atoms with Gasteiger partial charge in [-0.15, -0.1) is 0 Å². The summed E-state index contributed by atoms with van der Waals surface area (Å²) in [5, 5.41) is 0.328. The Balaban J connectivity index is 2.00. The van der Waals surface area contributed by atoms with Crippen molar-refractivity contribution in [3.8, 4) is 11.5 Å². The fraction of sp³-hybridized carbons (Fsp3) is 0.333. The summed E-state index contributed by atoms with van der Waals surface area (Å²) >= 11 is 5.98. The molecule has 25 heavy (non-hydrogen) atoms. The van der Waals surface area contributed by atoms with Crippen molar-refractivity contribution in [2.24, 2.45) is 0 Å². The van der Waals surface area contributed by atoms with Gasteiger partial charge in [0.1, 0.15) is 22.0 Å². The summed E-state index contributed by atoms with van der Waals surface area (Å²) < 4.78 is 39.8. The molecule has 0 saturated heterocycles. The van der Waals surface area contributed by atoms with E-state index in [1.54, 1.807) is 12.1 Å². The van der Waals surface area contributed by atoms with Crippen molar-refractivity contribution >= 4 is 21.6 Å². The van der Waals surface area contributed by atoms with E-state index in [9.17, 15) is 8.42 Å². The minimum atomic E-state index is -3.83. The van der Waals surface area contributed by atoms with Gasteiger partial charge in [-0.25, -0.2) is 13.1 Å². The van der Waals surface area contributed by atoms with Crippen LogP contribution in [-0.2, 0) is 10.0 Å². The largest absolute Gasteiger partial charge is 0.495 e. The van der Waals surface area contributed by atoms with Crippen molar-refractivity contribution in [1.29, 1.82) is 0 Å². The Morgan fingerprint density at radius 3 is 2.68 bits per heavy atom. The zero-order valence-corrected chi connectivity index (χ0v) is 15.8. The van der Waals surface area contributed by atoms with Gasteiger partial charge in [0.25, 0.3) is 0 Å². The predicted molar refractivity (Wildman–Crippen MR) is 96.8 cm³/mol. The third-order valence-electron chi connectivity index (χ3n) is 4.09. The molecule has 1 aliphatic rings. The van der Waals surface area contributed by atoms with E-state index in [4.69, 9.17) is 21.1 Å². The molecule has 1 N–H and O–H groups in total. The quantitative estimate of drug-likeness (QED) is 0.871. The van der Waals surface area contributed by atoms with Gasteiger partial charge >= 0.3 is 0 Å². The summed E-state index contributed by atoms with van der Waals surface area (Å²) in [6.45, 7) is 3.87. The lowest BCUT2D eigenvalue weighted by atomic mass is 9.90. The molecule has 0 saturated carbocycles. The van der Waals surface area contributed by atoms with E-state index in [1.807, 2.05) is 38.1 Å². The molecule has 0 unspecified atom stereocenters. The highest BCUT2D eigenvalue weighted by Crippen LogP contribution is 2.40. The number of hydrogen-bond acceptors (Lipinski definition) is 4. The maximum Gasteiger partial charge on any atom is 0.244 e. The molecule has 0 spiro atoms. The molecule has 0 aliphatic carbocycles. The third kappa shape index (κ3) is 3.76. The summed E-state index contributed by atoms with van der Waals surface area (Å²) in [6, 6.07) is 11.6. The van der Waals surface area contributed by atoms with Crippen LogP contribution < -0.4 is 14.2 Å². The van der Waals surface area contributed by atoms with Gasteiger partial charge in [0, 0.05) is 17.0 Å². The average Bonchev–Trinajstić information content (AvgIpc) is 2.53. The monoisotopic (exact) mass is 381 g/mol. The number of rotatable bonds is 4. The number of hydrogen-bond donors (Lipinski definition) is 1. The van der Waals surface area contributed by atoms with E-state index in [0.717, 1.165) is 5.56 Å². The smallest absolute Gasteiger partial charge is 0.244 e. The highest BCUT2D eigenvalue weighted by Gasteiger charge is 2.36. The summed E-state index contributed by atoms with van der Waals surface area (Å²) in [5.74, 6) is 0.931. The van der Waals surface area contributed by atoms with Crippen LogP contribution in [0.3, 0.4) is 0 Å². The number of ether oxygens (including phenoxy) is 2. The molecule has 3 rings (SSSR count). The minimum absolute atomic E-state index is 0.0179. The molecular weight excluding hydrogens is 362 g/mol. The molecular formula is C18H20ClNO4S. The molecule has 1 aliphatic heterocycles. The van der Waals surface area contributed by atoms with Gasteiger partial charge < -0.3 is 9.47 Å². The molecule has 0 aromatic heterocycles. The number of halogens is 1.